The Balaban J connectivity index is 1.46. The van der Waals surface area contributed by atoms with Crippen molar-refractivity contribution in [2.24, 2.45) is 5.92 Å². The third-order valence-corrected chi connectivity index (χ3v) is 8.18. The zero-order chi connectivity index (χ0) is 19.8. The fourth-order valence-electron chi connectivity index (χ4n) is 6.77. The van der Waals surface area contributed by atoms with Crippen LogP contribution in [0, 0.1) is 5.92 Å². The number of rotatable bonds is 3. The number of urea groups is 1. The van der Waals surface area contributed by atoms with Gasteiger partial charge in [-0.2, -0.15) is 0 Å². The number of amides is 3. The quantitative estimate of drug-likeness (QED) is 0.611. The number of ether oxygens (including phenoxy) is 1. The van der Waals surface area contributed by atoms with Crippen molar-refractivity contribution in [3.63, 3.8) is 0 Å². The van der Waals surface area contributed by atoms with Crippen LogP contribution in [0.15, 0.2) is 29.8 Å². The molecule has 4 unspecified atom stereocenters. The van der Waals surface area contributed by atoms with Gasteiger partial charge in [0.25, 0.3) is 5.91 Å². The van der Waals surface area contributed by atoms with Gasteiger partial charge in [0.15, 0.2) is 0 Å². The van der Waals surface area contributed by atoms with Crippen LogP contribution in [-0.4, -0.2) is 48.6 Å². The van der Waals surface area contributed by atoms with Gasteiger partial charge in [-0.1, -0.05) is 17.7 Å². The molecule has 4 atom stereocenters. The molecule has 0 aromatic heterocycles. The second-order valence-electron chi connectivity index (χ2n) is 9.55. The summed E-state index contributed by atoms with van der Waals surface area (Å²) in [6.07, 6.45) is 7.96. The van der Waals surface area contributed by atoms with E-state index in [4.69, 9.17) is 4.74 Å². The van der Waals surface area contributed by atoms with Gasteiger partial charge in [-0.05, 0) is 74.2 Å². The monoisotopic (exact) mass is 393 g/mol. The van der Waals surface area contributed by atoms with Crippen LogP contribution in [0.1, 0.15) is 43.2 Å². The van der Waals surface area contributed by atoms with Gasteiger partial charge in [-0.15, -0.1) is 0 Å². The predicted molar refractivity (Wildman–Crippen MR) is 108 cm³/mol. The number of fused-ring (bicyclic) bond motifs is 1. The molecule has 0 radical (unpaired) electrons. The van der Waals surface area contributed by atoms with Crippen LogP contribution in [0.2, 0.25) is 0 Å². The Labute approximate surface area is 170 Å². The van der Waals surface area contributed by atoms with E-state index in [1.807, 2.05) is 0 Å². The molecule has 2 bridgehead atoms. The van der Waals surface area contributed by atoms with Crippen LogP contribution in [-0.2, 0) is 16.6 Å². The molecular formula is C23H27N3O3. The largest absolute Gasteiger partial charge is 0.497 e. The van der Waals surface area contributed by atoms with Crippen molar-refractivity contribution < 1.29 is 14.3 Å². The Morgan fingerprint density at radius 2 is 2.14 bits per heavy atom. The van der Waals surface area contributed by atoms with E-state index in [-0.39, 0.29) is 17.4 Å². The molecule has 2 N–H and O–H groups in total. The Morgan fingerprint density at radius 1 is 1.28 bits per heavy atom. The number of carbonyl (C=O) groups is 2. The van der Waals surface area contributed by atoms with Gasteiger partial charge >= 0.3 is 6.03 Å². The number of allylic oxidation sites excluding steroid dienone is 1. The summed E-state index contributed by atoms with van der Waals surface area (Å²) in [6, 6.07) is 6.63. The van der Waals surface area contributed by atoms with Gasteiger partial charge in [0.05, 0.1) is 7.11 Å². The molecule has 1 saturated carbocycles. The first-order valence-corrected chi connectivity index (χ1v) is 10.8. The van der Waals surface area contributed by atoms with Crippen molar-refractivity contribution >= 4 is 11.9 Å². The van der Waals surface area contributed by atoms with Gasteiger partial charge in [-0.25, -0.2) is 4.79 Å². The van der Waals surface area contributed by atoms with Crippen molar-refractivity contribution in [1.29, 1.82) is 0 Å². The van der Waals surface area contributed by atoms with Gasteiger partial charge in [-0.3, -0.25) is 15.0 Å². The first-order chi connectivity index (χ1) is 14.0. The van der Waals surface area contributed by atoms with Gasteiger partial charge < -0.3 is 10.1 Å². The highest BCUT2D eigenvalue weighted by Gasteiger charge is 2.62. The van der Waals surface area contributed by atoms with E-state index in [9.17, 15) is 9.59 Å². The summed E-state index contributed by atoms with van der Waals surface area (Å²) in [5.41, 5.74) is 3.43. The highest BCUT2D eigenvalue weighted by molar-refractivity contribution is 6.07. The van der Waals surface area contributed by atoms with Crippen molar-refractivity contribution in [3.8, 4) is 5.75 Å². The highest BCUT2D eigenvalue weighted by atomic mass is 16.5. The Bertz CT molecular complexity index is 957. The fraction of sp³-hybridized carbons (Fsp3) is 0.565. The number of methoxy groups -OCH3 is 1. The first-order valence-electron chi connectivity index (χ1n) is 10.8. The third-order valence-electron chi connectivity index (χ3n) is 8.18. The molecule has 3 fully saturated rings. The van der Waals surface area contributed by atoms with E-state index in [0.29, 0.717) is 18.4 Å². The summed E-state index contributed by atoms with van der Waals surface area (Å²) >= 11 is 0. The number of imide groups is 1. The zero-order valence-corrected chi connectivity index (χ0v) is 16.8. The minimum atomic E-state index is -0.767. The molecule has 6 nitrogen and oxygen atoms in total. The molecule has 1 spiro atoms. The second kappa shape index (κ2) is 5.85. The Morgan fingerprint density at radius 3 is 2.86 bits per heavy atom. The van der Waals surface area contributed by atoms with E-state index in [2.05, 4.69) is 39.8 Å². The average Bonchev–Trinajstić information content (AvgIpc) is 3.49. The molecule has 2 saturated heterocycles. The molecule has 6 rings (SSSR count). The number of hydrogen-bond acceptors (Lipinski definition) is 4. The van der Waals surface area contributed by atoms with Crippen LogP contribution >= 0.6 is 0 Å². The number of carbonyl (C=O) groups excluding carboxylic acids is 2. The lowest BCUT2D eigenvalue weighted by Gasteiger charge is -2.61. The Kier molecular flexibility index (Phi) is 3.53. The lowest BCUT2D eigenvalue weighted by Crippen LogP contribution is -2.66. The lowest BCUT2D eigenvalue weighted by molar-refractivity contribution is -0.128. The summed E-state index contributed by atoms with van der Waals surface area (Å²) < 4.78 is 5.56. The summed E-state index contributed by atoms with van der Waals surface area (Å²) in [4.78, 5) is 27.5. The minimum Gasteiger partial charge on any atom is -0.497 e. The van der Waals surface area contributed by atoms with Crippen LogP contribution in [0.3, 0.4) is 0 Å². The maximum absolute atomic E-state index is 12.8. The Hall–Kier alpha value is -2.34. The molecule has 152 valence electrons. The molecule has 3 aliphatic carbocycles. The van der Waals surface area contributed by atoms with Crippen molar-refractivity contribution in [2.45, 2.75) is 55.5 Å². The number of hydrogen-bond donors (Lipinski definition) is 2. The van der Waals surface area contributed by atoms with E-state index >= 15 is 0 Å². The summed E-state index contributed by atoms with van der Waals surface area (Å²) in [7, 11) is 1.71. The number of benzene rings is 1. The molecule has 6 heteroatoms. The molecule has 2 aliphatic heterocycles. The van der Waals surface area contributed by atoms with E-state index in [1.165, 1.54) is 17.5 Å². The lowest BCUT2D eigenvalue weighted by atomic mass is 9.49. The van der Waals surface area contributed by atoms with Crippen molar-refractivity contribution in [1.82, 2.24) is 15.5 Å². The van der Waals surface area contributed by atoms with E-state index in [1.54, 1.807) is 12.7 Å². The molecule has 1 aromatic rings. The predicted octanol–water partition coefficient (Wildman–Crippen LogP) is 2.27. The summed E-state index contributed by atoms with van der Waals surface area (Å²) in [5, 5.41) is 5.51. The maximum atomic E-state index is 12.8. The van der Waals surface area contributed by atoms with Crippen LogP contribution in [0.4, 0.5) is 4.79 Å². The standard InChI is InChI=1S/C23H27N3O3/c1-29-16-5-4-15-10-19-17-6-7-23(20(27)24-21(28)25-23)13-22(17,18(15)11-16)8-9-26(19)12-14-2-3-14/h2,4-5,11,17,19H,3,6-10,12-13H2,1H3,(H2,24,25,27,28). The first kappa shape index (κ1) is 17.5. The summed E-state index contributed by atoms with van der Waals surface area (Å²) in [5.74, 6) is 1.24. The van der Waals surface area contributed by atoms with Crippen LogP contribution in [0.25, 0.3) is 0 Å². The molecule has 3 amide bonds. The maximum Gasteiger partial charge on any atom is 0.322 e. The number of nitrogens with one attached hydrogen (secondary N) is 2. The van der Waals surface area contributed by atoms with Gasteiger partial charge in [0, 0.05) is 18.0 Å². The molecular weight excluding hydrogens is 366 g/mol. The molecule has 5 aliphatic rings. The number of likely N-dealkylation sites (tertiary alicyclic amines) is 1. The van der Waals surface area contributed by atoms with Gasteiger partial charge in [0.2, 0.25) is 0 Å². The SMILES string of the molecule is COc1ccc2c(c1)C13CCN(CC4=CC4)C(C2)C1CCC1(C3)NC(=O)NC1=O. The number of nitrogens with zero attached hydrogens (tertiary/aromatic N) is 1. The van der Waals surface area contributed by atoms with Gasteiger partial charge in [0.1, 0.15) is 11.3 Å². The normalized spacial score (nSPS) is 37.3. The van der Waals surface area contributed by atoms with E-state index in [0.717, 1.165) is 44.5 Å². The van der Waals surface area contributed by atoms with Crippen LogP contribution < -0.4 is 15.4 Å². The zero-order valence-electron chi connectivity index (χ0n) is 16.8. The van der Waals surface area contributed by atoms with Crippen LogP contribution in [0.5, 0.6) is 5.75 Å². The van der Waals surface area contributed by atoms with Crippen molar-refractivity contribution in [3.05, 3.63) is 41.0 Å². The second-order valence-corrected chi connectivity index (χ2v) is 9.55. The number of piperidine rings is 1. The average molecular weight is 393 g/mol. The third kappa shape index (κ3) is 2.44. The minimum absolute atomic E-state index is 0.0889. The van der Waals surface area contributed by atoms with E-state index < -0.39 is 5.54 Å². The topological polar surface area (TPSA) is 70.7 Å². The molecule has 2 heterocycles. The fourth-order valence-corrected chi connectivity index (χ4v) is 6.77. The van der Waals surface area contributed by atoms with Crippen molar-refractivity contribution in [2.75, 3.05) is 20.2 Å². The smallest absolute Gasteiger partial charge is 0.322 e. The molecule has 29 heavy (non-hydrogen) atoms. The highest BCUT2D eigenvalue weighted by Crippen LogP contribution is 2.58. The molecule has 1 aromatic carbocycles. The summed E-state index contributed by atoms with van der Waals surface area (Å²) in [6.45, 7) is 2.13.